The van der Waals surface area contributed by atoms with Crippen molar-refractivity contribution in [3.05, 3.63) is 70.3 Å². The van der Waals surface area contributed by atoms with Crippen molar-refractivity contribution in [2.24, 2.45) is 5.73 Å². The van der Waals surface area contributed by atoms with Crippen molar-refractivity contribution in [1.29, 1.82) is 0 Å². The highest BCUT2D eigenvalue weighted by atomic mass is 14.6. The van der Waals surface area contributed by atoms with E-state index in [-0.39, 0.29) is 6.04 Å². The second-order valence-electron chi connectivity index (χ2n) is 5.53. The van der Waals surface area contributed by atoms with Gasteiger partial charge < -0.3 is 5.73 Å². The highest BCUT2D eigenvalue weighted by Crippen LogP contribution is 2.18. The lowest BCUT2D eigenvalue weighted by molar-refractivity contribution is 0.660. The van der Waals surface area contributed by atoms with Gasteiger partial charge in [0.05, 0.1) is 0 Å². The normalized spacial score (nSPS) is 12.4. The summed E-state index contributed by atoms with van der Waals surface area (Å²) in [6.45, 7) is 6.52. The zero-order chi connectivity index (χ0) is 13.8. The van der Waals surface area contributed by atoms with Crippen molar-refractivity contribution in [1.82, 2.24) is 0 Å². The van der Waals surface area contributed by atoms with E-state index in [9.17, 15) is 0 Å². The lowest BCUT2D eigenvalue weighted by atomic mass is 9.92. The Kier molecular flexibility index (Phi) is 4.39. The van der Waals surface area contributed by atoms with Crippen LogP contribution in [0.5, 0.6) is 0 Å². The lowest BCUT2D eigenvalue weighted by Gasteiger charge is -2.16. The Bertz CT molecular complexity index is 520. The van der Waals surface area contributed by atoms with Crippen molar-refractivity contribution in [2.75, 3.05) is 0 Å². The van der Waals surface area contributed by atoms with E-state index < -0.39 is 0 Å². The summed E-state index contributed by atoms with van der Waals surface area (Å²) in [5.74, 6) is 0. The molecule has 0 saturated carbocycles. The molecular formula is C18H23N. The molecule has 2 aromatic rings. The number of hydrogen-bond donors (Lipinski definition) is 1. The van der Waals surface area contributed by atoms with Crippen LogP contribution in [0.2, 0.25) is 0 Å². The molecule has 0 fully saturated rings. The van der Waals surface area contributed by atoms with Gasteiger partial charge >= 0.3 is 0 Å². The maximum atomic E-state index is 6.31. The van der Waals surface area contributed by atoms with Crippen LogP contribution in [-0.2, 0) is 12.8 Å². The average Bonchev–Trinajstić information content (AvgIpc) is 2.35. The first kappa shape index (κ1) is 13.8. The summed E-state index contributed by atoms with van der Waals surface area (Å²) in [6, 6.07) is 15.2. The van der Waals surface area contributed by atoms with Gasteiger partial charge in [-0.3, -0.25) is 0 Å². The highest BCUT2D eigenvalue weighted by Gasteiger charge is 2.10. The zero-order valence-corrected chi connectivity index (χ0v) is 12.1. The minimum Gasteiger partial charge on any atom is -0.327 e. The number of hydrogen-bond acceptors (Lipinski definition) is 1. The van der Waals surface area contributed by atoms with Crippen LogP contribution in [0.15, 0.2) is 42.5 Å². The molecule has 0 amide bonds. The van der Waals surface area contributed by atoms with Crippen LogP contribution < -0.4 is 5.73 Å². The van der Waals surface area contributed by atoms with Crippen LogP contribution in [0, 0.1) is 20.8 Å². The lowest BCUT2D eigenvalue weighted by Crippen LogP contribution is -2.26. The van der Waals surface area contributed by atoms with Crippen LogP contribution in [0.4, 0.5) is 0 Å². The second-order valence-corrected chi connectivity index (χ2v) is 5.53. The number of benzene rings is 2. The van der Waals surface area contributed by atoms with Gasteiger partial charge in [-0.05, 0) is 55.9 Å². The summed E-state index contributed by atoms with van der Waals surface area (Å²) in [7, 11) is 0. The van der Waals surface area contributed by atoms with Gasteiger partial charge in [-0.2, -0.15) is 0 Å². The van der Waals surface area contributed by atoms with E-state index in [2.05, 4.69) is 57.2 Å². The molecule has 1 unspecified atom stereocenters. The van der Waals surface area contributed by atoms with Crippen LogP contribution in [0.25, 0.3) is 0 Å². The SMILES string of the molecule is Cc1cc(C)c(CC(N)Cc2ccccc2)c(C)c1. The number of nitrogens with two attached hydrogens (primary N) is 1. The van der Waals surface area contributed by atoms with E-state index in [4.69, 9.17) is 5.73 Å². The number of rotatable bonds is 4. The molecule has 100 valence electrons. The van der Waals surface area contributed by atoms with Crippen LogP contribution in [-0.4, -0.2) is 6.04 Å². The highest BCUT2D eigenvalue weighted by molar-refractivity contribution is 5.38. The average molecular weight is 253 g/mol. The smallest absolute Gasteiger partial charge is 0.0120 e. The van der Waals surface area contributed by atoms with Gasteiger partial charge in [-0.15, -0.1) is 0 Å². The Balaban J connectivity index is 2.09. The van der Waals surface area contributed by atoms with Crippen LogP contribution in [0.1, 0.15) is 27.8 Å². The monoisotopic (exact) mass is 253 g/mol. The molecule has 0 bridgehead atoms. The molecule has 1 atom stereocenters. The molecule has 2 N–H and O–H groups in total. The Labute approximate surface area is 116 Å². The van der Waals surface area contributed by atoms with Gasteiger partial charge in [-0.1, -0.05) is 48.0 Å². The molecule has 0 saturated heterocycles. The fourth-order valence-electron chi connectivity index (χ4n) is 2.78. The Morgan fingerprint density at radius 1 is 0.895 bits per heavy atom. The van der Waals surface area contributed by atoms with Gasteiger partial charge in [-0.25, -0.2) is 0 Å². The minimum absolute atomic E-state index is 0.183. The molecule has 0 radical (unpaired) electrons. The summed E-state index contributed by atoms with van der Waals surface area (Å²) < 4.78 is 0. The third-order valence-electron chi connectivity index (χ3n) is 3.65. The molecule has 1 nitrogen and oxygen atoms in total. The van der Waals surface area contributed by atoms with Gasteiger partial charge in [0.2, 0.25) is 0 Å². The molecule has 19 heavy (non-hydrogen) atoms. The van der Waals surface area contributed by atoms with Crippen molar-refractivity contribution >= 4 is 0 Å². The van der Waals surface area contributed by atoms with Gasteiger partial charge in [0.1, 0.15) is 0 Å². The third-order valence-corrected chi connectivity index (χ3v) is 3.65. The van der Waals surface area contributed by atoms with E-state index in [1.807, 2.05) is 6.07 Å². The molecule has 1 heteroatoms. The first-order chi connectivity index (χ1) is 9.06. The Morgan fingerprint density at radius 3 is 2.05 bits per heavy atom. The van der Waals surface area contributed by atoms with Crippen molar-refractivity contribution in [3.63, 3.8) is 0 Å². The maximum absolute atomic E-state index is 6.31. The Hall–Kier alpha value is -1.60. The summed E-state index contributed by atoms with van der Waals surface area (Å²) >= 11 is 0. The molecule has 2 rings (SSSR count). The van der Waals surface area contributed by atoms with E-state index in [1.54, 1.807) is 0 Å². The predicted octanol–water partition coefficient (Wildman–Crippen LogP) is 3.72. The topological polar surface area (TPSA) is 26.0 Å². The fourth-order valence-corrected chi connectivity index (χ4v) is 2.78. The van der Waals surface area contributed by atoms with Crippen LogP contribution in [0.3, 0.4) is 0 Å². The fraction of sp³-hybridized carbons (Fsp3) is 0.333. The first-order valence-corrected chi connectivity index (χ1v) is 6.92. The summed E-state index contributed by atoms with van der Waals surface area (Å²) in [4.78, 5) is 0. The standard InChI is InChI=1S/C18H23N/c1-13-9-14(2)18(15(3)10-13)12-17(19)11-16-7-5-4-6-8-16/h4-10,17H,11-12,19H2,1-3H3. The summed E-state index contributed by atoms with van der Waals surface area (Å²) in [5, 5.41) is 0. The summed E-state index contributed by atoms with van der Waals surface area (Å²) in [6.07, 6.45) is 1.89. The molecule has 0 aromatic heterocycles. The molecule has 0 heterocycles. The largest absolute Gasteiger partial charge is 0.327 e. The second kappa shape index (κ2) is 6.03. The van der Waals surface area contributed by atoms with Crippen molar-refractivity contribution in [2.45, 2.75) is 39.7 Å². The quantitative estimate of drug-likeness (QED) is 0.883. The van der Waals surface area contributed by atoms with Gasteiger partial charge in [0, 0.05) is 6.04 Å². The van der Waals surface area contributed by atoms with E-state index in [0.717, 1.165) is 12.8 Å². The van der Waals surface area contributed by atoms with Crippen molar-refractivity contribution in [3.8, 4) is 0 Å². The first-order valence-electron chi connectivity index (χ1n) is 6.92. The zero-order valence-electron chi connectivity index (χ0n) is 12.1. The van der Waals surface area contributed by atoms with Crippen LogP contribution >= 0.6 is 0 Å². The third kappa shape index (κ3) is 3.68. The molecule has 0 spiro atoms. The minimum atomic E-state index is 0.183. The van der Waals surface area contributed by atoms with Gasteiger partial charge in [0.15, 0.2) is 0 Å². The molecule has 0 aliphatic rings. The molecular weight excluding hydrogens is 230 g/mol. The van der Waals surface area contributed by atoms with E-state index >= 15 is 0 Å². The van der Waals surface area contributed by atoms with Crippen molar-refractivity contribution < 1.29 is 0 Å². The molecule has 2 aromatic carbocycles. The van der Waals surface area contributed by atoms with Gasteiger partial charge in [0.25, 0.3) is 0 Å². The summed E-state index contributed by atoms with van der Waals surface area (Å²) in [5.41, 5.74) is 13.1. The maximum Gasteiger partial charge on any atom is 0.0120 e. The molecule has 0 aliphatic carbocycles. The van der Waals surface area contributed by atoms with E-state index in [1.165, 1.54) is 27.8 Å². The predicted molar refractivity (Wildman–Crippen MR) is 82.5 cm³/mol. The molecule has 0 aliphatic heterocycles. The Morgan fingerprint density at radius 2 is 1.47 bits per heavy atom. The van der Waals surface area contributed by atoms with E-state index in [0.29, 0.717) is 0 Å². The number of aryl methyl sites for hydroxylation is 3.